The van der Waals surface area contributed by atoms with E-state index in [1.54, 1.807) is 0 Å². The second kappa shape index (κ2) is 10.8. The van der Waals surface area contributed by atoms with Gasteiger partial charge in [0.1, 0.15) is 0 Å². The third-order valence-corrected chi connectivity index (χ3v) is 10.4. The fraction of sp³-hybridized carbons (Fsp3) is 0. The van der Waals surface area contributed by atoms with Gasteiger partial charge in [-0.05, 0) is 66.7 Å². The number of benzene rings is 9. The van der Waals surface area contributed by atoms with Crippen LogP contribution >= 0.6 is 0 Å². The highest BCUT2D eigenvalue weighted by atomic mass is 15.2. The quantitative estimate of drug-likeness (QED) is 0.179. The minimum Gasteiger partial charge on any atom is -0.278 e. The Hall–Kier alpha value is -6.91. The maximum atomic E-state index is 5.29. The summed E-state index contributed by atoms with van der Waals surface area (Å²) < 4.78 is 2.22. The van der Waals surface area contributed by atoms with Crippen molar-refractivity contribution < 1.29 is 0 Å². The number of para-hydroxylation sites is 1. The van der Waals surface area contributed by atoms with Gasteiger partial charge < -0.3 is 0 Å². The van der Waals surface area contributed by atoms with Crippen LogP contribution in [0.5, 0.6) is 0 Å². The average Bonchev–Trinajstić information content (AvgIpc) is 3.55. The van der Waals surface area contributed by atoms with Crippen LogP contribution in [-0.2, 0) is 0 Å². The van der Waals surface area contributed by atoms with Crippen LogP contribution in [-0.4, -0.2) is 19.5 Å². The lowest BCUT2D eigenvalue weighted by molar-refractivity contribution is 0.954. The van der Waals surface area contributed by atoms with Crippen LogP contribution in [0.15, 0.2) is 170 Å². The van der Waals surface area contributed by atoms with E-state index in [2.05, 4.69) is 156 Å². The van der Waals surface area contributed by atoms with Crippen LogP contribution in [0.25, 0.3) is 104 Å². The molecule has 0 spiro atoms. The second-order valence-corrected chi connectivity index (χ2v) is 13.2. The molecule has 0 N–H and O–H groups in total. The van der Waals surface area contributed by atoms with E-state index in [1.165, 1.54) is 64.6 Å². The number of rotatable bonds is 3. The molecule has 4 nitrogen and oxygen atoms in total. The molecule has 0 aliphatic heterocycles. The Bertz CT molecular complexity index is 3190. The van der Waals surface area contributed by atoms with Crippen molar-refractivity contribution in [2.45, 2.75) is 0 Å². The van der Waals surface area contributed by atoms with Crippen LogP contribution < -0.4 is 0 Å². The Morgan fingerprint density at radius 1 is 0.314 bits per heavy atom. The molecule has 0 saturated carbocycles. The Morgan fingerprint density at radius 3 is 1.65 bits per heavy atom. The van der Waals surface area contributed by atoms with Gasteiger partial charge in [-0.25, -0.2) is 4.98 Å². The average molecular weight is 649 g/mol. The van der Waals surface area contributed by atoms with Crippen molar-refractivity contribution in [1.29, 1.82) is 0 Å². The lowest BCUT2D eigenvalue weighted by Crippen LogP contribution is -2.06. The fourth-order valence-corrected chi connectivity index (χ4v) is 8.04. The van der Waals surface area contributed by atoms with Crippen molar-refractivity contribution in [2.24, 2.45) is 0 Å². The first-order valence-electron chi connectivity index (χ1n) is 17.3. The first-order valence-corrected chi connectivity index (χ1v) is 17.3. The van der Waals surface area contributed by atoms with Gasteiger partial charge in [0.15, 0.2) is 11.6 Å². The zero-order chi connectivity index (χ0) is 33.5. The van der Waals surface area contributed by atoms with Gasteiger partial charge in [0, 0.05) is 27.3 Å². The zero-order valence-electron chi connectivity index (χ0n) is 27.5. The topological polar surface area (TPSA) is 43.6 Å². The van der Waals surface area contributed by atoms with Crippen LogP contribution in [0.4, 0.5) is 0 Å². The highest BCUT2D eigenvalue weighted by Crippen LogP contribution is 2.42. The maximum Gasteiger partial charge on any atom is 0.238 e. The van der Waals surface area contributed by atoms with Crippen molar-refractivity contribution >= 4 is 75.7 Å². The van der Waals surface area contributed by atoms with E-state index in [1.807, 2.05) is 18.2 Å². The van der Waals surface area contributed by atoms with Crippen LogP contribution in [0.1, 0.15) is 0 Å². The van der Waals surface area contributed by atoms with Gasteiger partial charge in [-0.2, -0.15) is 9.97 Å². The molecule has 0 atom stereocenters. The van der Waals surface area contributed by atoms with Crippen molar-refractivity contribution in [3.05, 3.63) is 170 Å². The monoisotopic (exact) mass is 648 g/mol. The Kier molecular flexibility index (Phi) is 5.92. The van der Waals surface area contributed by atoms with E-state index >= 15 is 0 Å². The summed E-state index contributed by atoms with van der Waals surface area (Å²) in [7, 11) is 0. The molecule has 4 heteroatoms. The number of fused-ring (bicyclic) bond motifs is 12. The van der Waals surface area contributed by atoms with Crippen molar-refractivity contribution in [2.75, 3.05) is 0 Å². The molecule has 9 aromatic carbocycles. The Morgan fingerprint density at radius 2 is 0.863 bits per heavy atom. The molecule has 51 heavy (non-hydrogen) atoms. The lowest BCUT2D eigenvalue weighted by Gasteiger charge is -2.12. The zero-order valence-corrected chi connectivity index (χ0v) is 27.5. The maximum absolute atomic E-state index is 5.29. The summed E-state index contributed by atoms with van der Waals surface area (Å²) in [4.78, 5) is 15.6. The van der Waals surface area contributed by atoms with Gasteiger partial charge in [0.05, 0.1) is 11.0 Å². The van der Waals surface area contributed by atoms with Crippen LogP contribution in [0, 0.1) is 0 Å². The molecule has 0 bridgehead atoms. The van der Waals surface area contributed by atoms with Crippen LogP contribution in [0.2, 0.25) is 0 Å². The van der Waals surface area contributed by atoms with E-state index in [4.69, 9.17) is 15.0 Å². The predicted molar refractivity (Wildman–Crippen MR) is 213 cm³/mol. The summed E-state index contributed by atoms with van der Waals surface area (Å²) in [5, 5.41) is 14.6. The molecule has 0 amide bonds. The third-order valence-electron chi connectivity index (χ3n) is 10.4. The van der Waals surface area contributed by atoms with E-state index in [-0.39, 0.29) is 0 Å². The molecular weight excluding hydrogens is 621 g/mol. The summed E-state index contributed by atoms with van der Waals surface area (Å²) in [6, 6.07) is 60.4. The van der Waals surface area contributed by atoms with Crippen molar-refractivity contribution in [1.82, 2.24) is 19.5 Å². The minimum atomic E-state index is 0.590. The molecule has 11 rings (SSSR count). The van der Waals surface area contributed by atoms with Gasteiger partial charge in [-0.3, -0.25) is 4.57 Å². The molecule has 2 aromatic heterocycles. The SMILES string of the molecule is c1ccc(-c2nc(-c3ccc4ccc5ccccc5c4c3)nc(-n3c4ccccc4c4c5c(ccc6ccc7ccccc7c65)ccc43)n2)cc1. The van der Waals surface area contributed by atoms with Crippen LogP contribution in [0.3, 0.4) is 0 Å². The molecule has 0 aliphatic carbocycles. The van der Waals surface area contributed by atoms with Gasteiger partial charge >= 0.3 is 0 Å². The second-order valence-electron chi connectivity index (χ2n) is 13.2. The minimum absolute atomic E-state index is 0.590. The van der Waals surface area contributed by atoms with Crippen molar-refractivity contribution in [3.63, 3.8) is 0 Å². The van der Waals surface area contributed by atoms with Gasteiger partial charge in [-0.1, -0.05) is 152 Å². The summed E-state index contributed by atoms with van der Waals surface area (Å²) in [5.74, 6) is 1.86. The van der Waals surface area contributed by atoms with E-state index < -0.39 is 0 Å². The largest absolute Gasteiger partial charge is 0.278 e. The summed E-state index contributed by atoms with van der Waals surface area (Å²) in [6.45, 7) is 0. The molecular formula is C47H28N4. The molecule has 2 heterocycles. The lowest BCUT2D eigenvalue weighted by atomic mass is 9.94. The highest BCUT2D eigenvalue weighted by Gasteiger charge is 2.21. The fourth-order valence-electron chi connectivity index (χ4n) is 8.04. The molecule has 0 fully saturated rings. The van der Waals surface area contributed by atoms with E-state index in [9.17, 15) is 0 Å². The smallest absolute Gasteiger partial charge is 0.238 e. The first-order chi connectivity index (χ1) is 25.3. The van der Waals surface area contributed by atoms with E-state index in [0.29, 0.717) is 17.6 Å². The molecule has 11 aromatic rings. The highest BCUT2D eigenvalue weighted by molar-refractivity contribution is 6.32. The molecule has 0 radical (unpaired) electrons. The summed E-state index contributed by atoms with van der Waals surface area (Å²) in [6.07, 6.45) is 0. The van der Waals surface area contributed by atoms with Gasteiger partial charge in [0.25, 0.3) is 0 Å². The predicted octanol–water partition coefficient (Wildman–Crippen LogP) is 12.1. The standard InChI is InChI=1S/C47H28N4/c1-2-12-34(13-3-1)45-48-46(35-25-21-31-19-18-29-10-4-6-14-36(29)39(31)28-35)50-47(49-45)51-40-17-9-8-16-38(40)44-41(51)27-26-33-24-23-32-22-20-30-11-5-7-15-37(30)42(32)43(33)44/h1-28H. The summed E-state index contributed by atoms with van der Waals surface area (Å²) in [5.41, 5.74) is 4.00. The molecule has 0 unspecified atom stereocenters. The number of hydrogen-bond acceptors (Lipinski definition) is 3. The summed E-state index contributed by atoms with van der Waals surface area (Å²) >= 11 is 0. The first kappa shape index (κ1) is 28.0. The Balaban J connectivity index is 1.25. The third kappa shape index (κ3) is 4.23. The number of hydrogen-bond donors (Lipinski definition) is 0. The molecule has 0 aliphatic rings. The number of nitrogens with zero attached hydrogens (tertiary/aromatic N) is 4. The number of aromatic nitrogens is 4. The van der Waals surface area contributed by atoms with E-state index in [0.717, 1.165) is 22.2 Å². The normalized spacial score (nSPS) is 11.9. The Labute approximate surface area is 292 Å². The molecule has 0 saturated heterocycles. The molecule has 236 valence electrons. The van der Waals surface area contributed by atoms with Gasteiger partial charge in [-0.15, -0.1) is 0 Å². The van der Waals surface area contributed by atoms with Crippen molar-refractivity contribution in [3.8, 4) is 28.7 Å². The van der Waals surface area contributed by atoms with Gasteiger partial charge in [0.2, 0.25) is 5.95 Å².